The van der Waals surface area contributed by atoms with Gasteiger partial charge in [0, 0.05) is 34.7 Å². The minimum atomic E-state index is -1.88. The van der Waals surface area contributed by atoms with E-state index in [0.29, 0.717) is 41.3 Å². The van der Waals surface area contributed by atoms with Crippen molar-refractivity contribution in [3.63, 3.8) is 0 Å². The van der Waals surface area contributed by atoms with Crippen molar-refractivity contribution in [2.75, 3.05) is 7.11 Å². The lowest BCUT2D eigenvalue weighted by molar-refractivity contribution is -0.172. The maximum atomic E-state index is 13.4. The lowest BCUT2D eigenvalue weighted by Gasteiger charge is -2.31. The largest absolute Gasteiger partial charge is 0.495 e. The van der Waals surface area contributed by atoms with E-state index >= 15 is 0 Å². The molecule has 9 nitrogen and oxygen atoms in total. The van der Waals surface area contributed by atoms with Crippen LogP contribution in [0.2, 0.25) is 0 Å². The van der Waals surface area contributed by atoms with Crippen molar-refractivity contribution in [2.45, 2.75) is 58.5 Å². The van der Waals surface area contributed by atoms with Gasteiger partial charge in [0.2, 0.25) is 0 Å². The molecule has 4 heterocycles. The first-order chi connectivity index (χ1) is 16.7. The molecule has 0 unspecified atom stereocenters. The van der Waals surface area contributed by atoms with Gasteiger partial charge in [0.05, 0.1) is 41.7 Å². The molecule has 2 N–H and O–H groups in total. The Bertz CT molecular complexity index is 1500. The number of pyridine rings is 2. The Morgan fingerprint density at radius 2 is 2.11 bits per heavy atom. The molecule has 35 heavy (non-hydrogen) atoms. The molecule has 2 aromatic heterocycles. The number of hydrogen-bond acceptors (Lipinski definition) is 8. The first kappa shape index (κ1) is 23.0. The molecule has 2 aliphatic rings. The molecule has 5 rings (SSSR count). The van der Waals surface area contributed by atoms with Gasteiger partial charge in [-0.15, -0.1) is 0 Å². The van der Waals surface area contributed by atoms with Gasteiger partial charge in [-0.1, -0.05) is 20.8 Å². The van der Waals surface area contributed by atoms with E-state index in [9.17, 15) is 20.0 Å². The summed E-state index contributed by atoms with van der Waals surface area (Å²) >= 11 is 0. The summed E-state index contributed by atoms with van der Waals surface area (Å²) in [5.41, 5.74) is 2.13. The van der Waals surface area contributed by atoms with Crippen molar-refractivity contribution in [1.29, 1.82) is 5.26 Å². The van der Waals surface area contributed by atoms with Gasteiger partial charge >= 0.3 is 5.97 Å². The number of hydrogen-bond donors (Lipinski definition) is 2. The topological polar surface area (TPSA) is 126 Å². The van der Waals surface area contributed by atoms with Gasteiger partial charge < -0.3 is 24.5 Å². The lowest BCUT2D eigenvalue weighted by atomic mass is 9.86. The van der Waals surface area contributed by atoms with Crippen LogP contribution in [0.25, 0.3) is 22.3 Å². The molecule has 0 saturated carbocycles. The van der Waals surface area contributed by atoms with E-state index in [1.807, 2.05) is 19.9 Å². The normalized spacial score (nSPS) is 18.1. The summed E-state index contributed by atoms with van der Waals surface area (Å²) in [4.78, 5) is 30.6. The maximum Gasteiger partial charge on any atom is 0.343 e. The number of aromatic nitrogens is 2. The summed E-state index contributed by atoms with van der Waals surface area (Å²) in [5, 5.41) is 25.0. The molecule has 1 atom stereocenters. The highest BCUT2D eigenvalue weighted by Crippen LogP contribution is 2.40. The summed E-state index contributed by atoms with van der Waals surface area (Å²) < 4.78 is 12.3. The summed E-state index contributed by atoms with van der Waals surface area (Å²) in [6.45, 7) is 6.36. The fourth-order valence-corrected chi connectivity index (χ4v) is 4.97. The van der Waals surface area contributed by atoms with Crippen LogP contribution in [0.3, 0.4) is 0 Å². The minimum absolute atomic E-state index is 0.0806. The molecular formula is C26H26N4O5. The van der Waals surface area contributed by atoms with Crippen LogP contribution < -0.4 is 15.6 Å². The van der Waals surface area contributed by atoms with Crippen LogP contribution in [0.1, 0.15) is 55.0 Å². The van der Waals surface area contributed by atoms with Crippen LogP contribution >= 0.6 is 0 Å². The number of benzene rings is 1. The number of cyclic esters (lactones) is 1. The molecule has 0 bridgehead atoms. The fraction of sp³-hybridized carbons (Fsp3) is 0.385. The van der Waals surface area contributed by atoms with Gasteiger partial charge in [0.25, 0.3) is 5.56 Å². The summed E-state index contributed by atoms with van der Waals surface area (Å²) in [7, 11) is 1.54. The van der Waals surface area contributed by atoms with Crippen molar-refractivity contribution in [3.05, 3.63) is 56.4 Å². The second-order valence-corrected chi connectivity index (χ2v) is 9.25. The standard InChI is InChI=1S/C26H26N4O5/c1-5-26(33)19-8-21-22-15(11-30(21)24(31)18(19)12-35-25(26)32)6-16-17(10-28-13(2)3)23(34-4)14(9-27)7-20(16)29-22/h6-8,13,28,33H,5,10-12H2,1-4H3/t26-/m0/s1. The van der Waals surface area contributed by atoms with E-state index in [-0.39, 0.29) is 35.8 Å². The van der Waals surface area contributed by atoms with Crippen LogP contribution in [0.5, 0.6) is 5.75 Å². The van der Waals surface area contributed by atoms with Crippen LogP contribution in [0, 0.1) is 11.3 Å². The number of carbonyl (C=O) groups is 1. The number of ether oxygens (including phenoxy) is 2. The second kappa shape index (κ2) is 8.18. The van der Waals surface area contributed by atoms with Gasteiger partial charge in [-0.05, 0) is 24.6 Å². The Balaban J connectivity index is 1.76. The number of fused-ring (bicyclic) bond motifs is 5. The van der Waals surface area contributed by atoms with Gasteiger partial charge in [-0.25, -0.2) is 9.78 Å². The highest BCUT2D eigenvalue weighted by molar-refractivity contribution is 5.91. The first-order valence-electron chi connectivity index (χ1n) is 11.6. The third kappa shape index (κ3) is 3.32. The maximum absolute atomic E-state index is 13.4. The highest BCUT2D eigenvalue weighted by Gasteiger charge is 2.45. The van der Waals surface area contributed by atoms with Crippen LogP contribution in [0.15, 0.2) is 23.0 Å². The van der Waals surface area contributed by atoms with Crippen molar-refractivity contribution < 1.29 is 19.4 Å². The average molecular weight is 475 g/mol. The molecule has 0 fully saturated rings. The van der Waals surface area contributed by atoms with Crippen LogP contribution in [-0.4, -0.2) is 33.8 Å². The second-order valence-electron chi connectivity index (χ2n) is 9.25. The number of nitriles is 1. The Hall–Kier alpha value is -3.74. The van der Waals surface area contributed by atoms with E-state index in [1.54, 1.807) is 30.7 Å². The van der Waals surface area contributed by atoms with Crippen molar-refractivity contribution in [3.8, 4) is 23.2 Å². The number of methoxy groups -OCH3 is 1. The third-order valence-electron chi connectivity index (χ3n) is 6.88. The smallest absolute Gasteiger partial charge is 0.343 e. The van der Waals surface area contributed by atoms with E-state index in [0.717, 1.165) is 16.5 Å². The zero-order chi connectivity index (χ0) is 25.1. The SMILES string of the molecule is CC[C@@]1(O)C(=O)OCc2c1cc1n(c2=O)Cc2cc3c(CNC(C)C)c(OC)c(C#N)cc3nc2-1. The molecular weight excluding hydrogens is 448 g/mol. The van der Waals surface area contributed by atoms with Crippen LogP contribution in [-0.2, 0) is 34.8 Å². The van der Waals surface area contributed by atoms with E-state index < -0.39 is 11.6 Å². The van der Waals surface area contributed by atoms with Gasteiger partial charge in [0.15, 0.2) is 5.60 Å². The predicted molar refractivity (Wildman–Crippen MR) is 128 cm³/mol. The van der Waals surface area contributed by atoms with E-state index in [1.165, 1.54) is 0 Å². The molecule has 0 saturated heterocycles. The predicted octanol–water partition coefficient (Wildman–Crippen LogP) is 2.46. The average Bonchev–Trinajstić information content (AvgIpc) is 3.21. The Labute approximate surface area is 201 Å². The number of rotatable bonds is 5. The molecule has 0 radical (unpaired) electrons. The molecule has 0 amide bonds. The quantitative estimate of drug-likeness (QED) is 0.423. The Morgan fingerprint density at radius 1 is 1.34 bits per heavy atom. The molecule has 2 aliphatic heterocycles. The number of esters is 1. The minimum Gasteiger partial charge on any atom is -0.495 e. The van der Waals surface area contributed by atoms with E-state index in [2.05, 4.69) is 11.4 Å². The fourth-order valence-electron chi connectivity index (χ4n) is 4.97. The molecule has 3 aromatic rings. The number of aliphatic hydroxyl groups is 1. The molecule has 180 valence electrons. The zero-order valence-corrected chi connectivity index (χ0v) is 20.1. The summed E-state index contributed by atoms with van der Waals surface area (Å²) in [6.07, 6.45) is 0.0806. The summed E-state index contributed by atoms with van der Waals surface area (Å²) in [6, 6.07) is 7.77. The van der Waals surface area contributed by atoms with Crippen LogP contribution in [0.4, 0.5) is 0 Å². The van der Waals surface area contributed by atoms with Gasteiger partial charge in [-0.3, -0.25) is 4.79 Å². The number of nitrogens with zero attached hydrogens (tertiary/aromatic N) is 3. The molecule has 9 heteroatoms. The Morgan fingerprint density at radius 3 is 2.77 bits per heavy atom. The molecule has 1 aromatic carbocycles. The van der Waals surface area contributed by atoms with Gasteiger partial charge in [0.1, 0.15) is 18.4 Å². The molecule has 0 aliphatic carbocycles. The monoisotopic (exact) mass is 474 g/mol. The first-order valence-corrected chi connectivity index (χ1v) is 11.6. The van der Waals surface area contributed by atoms with Crippen molar-refractivity contribution in [2.24, 2.45) is 0 Å². The van der Waals surface area contributed by atoms with Gasteiger partial charge in [-0.2, -0.15) is 5.26 Å². The zero-order valence-electron chi connectivity index (χ0n) is 20.1. The summed E-state index contributed by atoms with van der Waals surface area (Å²) in [5.74, 6) is -0.253. The van der Waals surface area contributed by atoms with E-state index in [4.69, 9.17) is 14.5 Å². The lowest BCUT2D eigenvalue weighted by Crippen LogP contribution is -2.44. The Kier molecular flexibility index (Phi) is 5.38. The molecule has 0 spiro atoms. The number of carbonyl (C=O) groups excluding carboxylic acids is 1. The van der Waals surface area contributed by atoms with Crippen molar-refractivity contribution >= 4 is 16.9 Å². The third-order valence-corrected chi connectivity index (χ3v) is 6.88. The van der Waals surface area contributed by atoms with Crippen molar-refractivity contribution in [1.82, 2.24) is 14.9 Å². The number of nitrogens with one attached hydrogen (secondary N) is 1. The highest BCUT2D eigenvalue weighted by atomic mass is 16.6.